The molecule has 1 N–H and O–H groups in total. The highest BCUT2D eigenvalue weighted by Gasteiger charge is 2.29. The van der Waals surface area contributed by atoms with Gasteiger partial charge in [0.05, 0.1) is 19.8 Å². The second kappa shape index (κ2) is 11.7. The van der Waals surface area contributed by atoms with Crippen LogP contribution in [0.1, 0.15) is 58.3 Å². The van der Waals surface area contributed by atoms with Gasteiger partial charge in [0.25, 0.3) is 0 Å². The Balaban J connectivity index is 1.27. The number of likely N-dealkylation sites (tertiary alicyclic amines) is 2. The van der Waals surface area contributed by atoms with Gasteiger partial charge in [-0.1, -0.05) is 19.3 Å². The Morgan fingerprint density at radius 3 is 2.53 bits per heavy atom. The number of rotatable bonds is 7. The molecule has 1 saturated carbocycles. The molecule has 0 amide bonds. The van der Waals surface area contributed by atoms with Crippen LogP contribution in [0, 0.1) is 11.8 Å². The molecule has 4 aliphatic rings. The van der Waals surface area contributed by atoms with Crippen LogP contribution in [0.4, 0.5) is 0 Å². The summed E-state index contributed by atoms with van der Waals surface area (Å²) < 4.78 is 5.51. The number of guanidine groups is 1. The molecule has 3 heterocycles. The normalized spacial score (nSPS) is 30.3. The van der Waals surface area contributed by atoms with Crippen LogP contribution in [0.3, 0.4) is 0 Å². The summed E-state index contributed by atoms with van der Waals surface area (Å²) in [5.41, 5.74) is 0. The number of hydrogen-bond donors (Lipinski definition) is 1. The van der Waals surface area contributed by atoms with Crippen LogP contribution >= 0.6 is 0 Å². The minimum Gasteiger partial charge on any atom is -0.379 e. The number of nitrogens with one attached hydrogen (secondary N) is 1. The van der Waals surface area contributed by atoms with Gasteiger partial charge in [-0.2, -0.15) is 0 Å². The zero-order valence-corrected chi connectivity index (χ0v) is 19.4. The van der Waals surface area contributed by atoms with Gasteiger partial charge in [0.1, 0.15) is 0 Å². The molecule has 2 atom stereocenters. The van der Waals surface area contributed by atoms with Gasteiger partial charge >= 0.3 is 0 Å². The lowest BCUT2D eigenvalue weighted by Crippen LogP contribution is -2.43. The van der Waals surface area contributed by atoms with Gasteiger partial charge in [0.15, 0.2) is 5.96 Å². The summed E-state index contributed by atoms with van der Waals surface area (Å²) in [6.07, 6.45) is 11.2. The first-order valence-corrected chi connectivity index (χ1v) is 12.9. The molecule has 6 heteroatoms. The summed E-state index contributed by atoms with van der Waals surface area (Å²) in [5, 5.41) is 3.59. The molecular weight excluding hydrogens is 374 g/mol. The molecule has 0 bridgehead atoms. The second-order valence-electron chi connectivity index (χ2n) is 10.0. The highest BCUT2D eigenvalue weighted by atomic mass is 16.5. The number of aliphatic imine (C=N–C) groups is 1. The van der Waals surface area contributed by atoms with Gasteiger partial charge in [0, 0.05) is 51.9 Å². The van der Waals surface area contributed by atoms with E-state index in [9.17, 15) is 0 Å². The molecule has 3 aliphatic heterocycles. The lowest BCUT2D eigenvalue weighted by atomic mass is 9.89. The molecule has 4 fully saturated rings. The third kappa shape index (κ3) is 6.33. The van der Waals surface area contributed by atoms with Crippen molar-refractivity contribution in [3.8, 4) is 0 Å². The number of morpholine rings is 1. The fourth-order valence-corrected chi connectivity index (χ4v) is 5.98. The molecule has 3 saturated heterocycles. The topological polar surface area (TPSA) is 43.3 Å². The zero-order chi connectivity index (χ0) is 20.6. The maximum absolute atomic E-state index is 5.51. The van der Waals surface area contributed by atoms with Crippen molar-refractivity contribution in [2.24, 2.45) is 16.8 Å². The summed E-state index contributed by atoms with van der Waals surface area (Å²) in [4.78, 5) is 13.0. The lowest BCUT2D eigenvalue weighted by molar-refractivity contribution is 0.0315. The van der Waals surface area contributed by atoms with Gasteiger partial charge in [-0.3, -0.25) is 14.8 Å². The van der Waals surface area contributed by atoms with Gasteiger partial charge in [-0.15, -0.1) is 0 Å². The molecule has 30 heavy (non-hydrogen) atoms. The molecule has 0 aromatic carbocycles. The Morgan fingerprint density at radius 2 is 1.73 bits per heavy atom. The summed E-state index contributed by atoms with van der Waals surface area (Å²) in [5.74, 6) is 2.86. The van der Waals surface area contributed by atoms with Crippen LogP contribution in [0.15, 0.2) is 4.99 Å². The van der Waals surface area contributed by atoms with Crippen molar-refractivity contribution in [2.45, 2.75) is 64.3 Å². The molecule has 6 nitrogen and oxygen atoms in total. The van der Waals surface area contributed by atoms with Gasteiger partial charge < -0.3 is 15.0 Å². The van der Waals surface area contributed by atoms with Crippen LogP contribution in [0.2, 0.25) is 0 Å². The quantitative estimate of drug-likeness (QED) is 0.508. The predicted octanol–water partition coefficient (Wildman–Crippen LogP) is 2.65. The number of nitrogens with zero attached hydrogens (tertiary/aromatic N) is 4. The van der Waals surface area contributed by atoms with Crippen molar-refractivity contribution in [3.05, 3.63) is 0 Å². The van der Waals surface area contributed by atoms with E-state index >= 15 is 0 Å². The van der Waals surface area contributed by atoms with Crippen LogP contribution in [-0.2, 0) is 4.74 Å². The Labute approximate surface area is 184 Å². The van der Waals surface area contributed by atoms with Crippen molar-refractivity contribution < 1.29 is 4.74 Å². The summed E-state index contributed by atoms with van der Waals surface area (Å²) in [6.45, 7) is 14.3. The Morgan fingerprint density at radius 1 is 0.900 bits per heavy atom. The van der Waals surface area contributed by atoms with E-state index in [1.54, 1.807) is 0 Å². The van der Waals surface area contributed by atoms with E-state index in [4.69, 9.17) is 9.73 Å². The molecule has 172 valence electrons. The Hall–Kier alpha value is -0.850. The summed E-state index contributed by atoms with van der Waals surface area (Å²) in [7, 11) is 0. The zero-order valence-electron chi connectivity index (χ0n) is 19.4. The standard InChI is InChI=1S/C24H45N5O/c1-2-25-24(29-12-10-22(20-29)18-27-13-15-30-16-14-27)26-17-23-9-6-11-28(23)19-21-7-4-3-5-8-21/h21-23H,2-20H2,1H3,(H,25,26). The van der Waals surface area contributed by atoms with Gasteiger partial charge in [-0.25, -0.2) is 0 Å². The average molecular weight is 420 g/mol. The molecular formula is C24H45N5O. The highest BCUT2D eigenvalue weighted by molar-refractivity contribution is 5.80. The highest BCUT2D eigenvalue weighted by Crippen LogP contribution is 2.28. The van der Waals surface area contributed by atoms with Crippen molar-refractivity contribution in [1.29, 1.82) is 0 Å². The van der Waals surface area contributed by atoms with Crippen molar-refractivity contribution in [2.75, 3.05) is 72.1 Å². The first-order chi connectivity index (χ1) is 14.8. The fraction of sp³-hybridized carbons (Fsp3) is 0.958. The third-order valence-corrected chi connectivity index (χ3v) is 7.71. The van der Waals surface area contributed by atoms with E-state index in [-0.39, 0.29) is 0 Å². The van der Waals surface area contributed by atoms with E-state index < -0.39 is 0 Å². The van der Waals surface area contributed by atoms with Crippen LogP contribution in [0.5, 0.6) is 0 Å². The van der Waals surface area contributed by atoms with Gasteiger partial charge in [-0.05, 0) is 57.4 Å². The fourth-order valence-electron chi connectivity index (χ4n) is 5.98. The Kier molecular flexibility index (Phi) is 8.70. The smallest absolute Gasteiger partial charge is 0.193 e. The number of hydrogen-bond acceptors (Lipinski definition) is 4. The Bertz CT molecular complexity index is 530. The lowest BCUT2D eigenvalue weighted by Gasteiger charge is -2.31. The van der Waals surface area contributed by atoms with Gasteiger partial charge in [0.2, 0.25) is 0 Å². The molecule has 4 rings (SSSR count). The minimum atomic E-state index is 0.660. The summed E-state index contributed by atoms with van der Waals surface area (Å²) in [6, 6.07) is 0.660. The van der Waals surface area contributed by atoms with Crippen molar-refractivity contribution in [3.63, 3.8) is 0 Å². The summed E-state index contributed by atoms with van der Waals surface area (Å²) >= 11 is 0. The first-order valence-electron chi connectivity index (χ1n) is 12.9. The molecule has 0 radical (unpaired) electrons. The average Bonchev–Trinajstić information content (AvgIpc) is 3.42. The predicted molar refractivity (Wildman–Crippen MR) is 124 cm³/mol. The molecule has 2 unspecified atom stereocenters. The monoisotopic (exact) mass is 419 g/mol. The molecule has 1 aliphatic carbocycles. The first kappa shape index (κ1) is 22.3. The van der Waals surface area contributed by atoms with Crippen LogP contribution in [0.25, 0.3) is 0 Å². The van der Waals surface area contributed by atoms with Crippen LogP contribution in [-0.4, -0.2) is 98.8 Å². The van der Waals surface area contributed by atoms with Crippen molar-refractivity contribution >= 4 is 5.96 Å². The SMILES string of the molecule is CCNC(=NCC1CCCN1CC1CCCCC1)N1CCC(CN2CCOCC2)C1. The second-order valence-corrected chi connectivity index (χ2v) is 10.0. The molecule has 0 aromatic rings. The van der Waals surface area contributed by atoms with Crippen molar-refractivity contribution in [1.82, 2.24) is 20.0 Å². The number of ether oxygens (including phenoxy) is 1. The van der Waals surface area contributed by atoms with Crippen LogP contribution < -0.4 is 5.32 Å². The minimum absolute atomic E-state index is 0.660. The molecule has 0 spiro atoms. The van der Waals surface area contributed by atoms with E-state index in [1.807, 2.05) is 0 Å². The van der Waals surface area contributed by atoms with E-state index in [0.717, 1.165) is 70.3 Å². The maximum Gasteiger partial charge on any atom is 0.193 e. The van der Waals surface area contributed by atoms with E-state index in [1.165, 1.54) is 71.0 Å². The third-order valence-electron chi connectivity index (χ3n) is 7.71. The molecule has 0 aromatic heterocycles. The largest absolute Gasteiger partial charge is 0.379 e. The maximum atomic E-state index is 5.51. The van der Waals surface area contributed by atoms with E-state index in [2.05, 4.69) is 26.9 Å². The van der Waals surface area contributed by atoms with E-state index in [0.29, 0.717) is 6.04 Å².